The molecule has 5 atom stereocenters. The van der Waals surface area contributed by atoms with Gasteiger partial charge in [0, 0.05) is 30.5 Å². The molecular formula is C23H34N6O2S. The Bertz CT molecular complexity index is 850. The number of benzene rings is 1. The topological polar surface area (TPSA) is 89.1 Å². The lowest BCUT2D eigenvalue weighted by atomic mass is 10.1. The van der Waals surface area contributed by atoms with Gasteiger partial charge in [0.05, 0.1) is 23.1 Å². The third-order valence-electron chi connectivity index (χ3n) is 6.52. The second-order valence-corrected chi connectivity index (χ2v) is 10.1. The van der Waals surface area contributed by atoms with Gasteiger partial charge < -0.3 is 16.0 Å². The van der Waals surface area contributed by atoms with Gasteiger partial charge in [0.25, 0.3) is 0 Å². The van der Waals surface area contributed by atoms with E-state index in [0.717, 1.165) is 36.4 Å². The summed E-state index contributed by atoms with van der Waals surface area (Å²) in [5.74, 6) is 0.842. The molecule has 3 heterocycles. The zero-order chi connectivity index (χ0) is 22.7. The summed E-state index contributed by atoms with van der Waals surface area (Å²) in [6.45, 7) is 4.57. The quantitative estimate of drug-likeness (QED) is 0.602. The normalized spacial score (nSPS) is 29.1. The van der Waals surface area contributed by atoms with E-state index in [9.17, 15) is 9.59 Å². The molecule has 0 radical (unpaired) electrons. The molecule has 2 saturated heterocycles. The van der Waals surface area contributed by atoms with E-state index in [1.165, 1.54) is 0 Å². The first-order valence-electron chi connectivity index (χ1n) is 11.5. The van der Waals surface area contributed by atoms with Crippen LogP contribution in [-0.2, 0) is 9.59 Å². The maximum Gasteiger partial charge on any atom is 0.239 e. The highest BCUT2D eigenvalue weighted by atomic mass is 32.2. The van der Waals surface area contributed by atoms with Crippen LogP contribution in [0.5, 0.6) is 0 Å². The minimum absolute atomic E-state index is 0.0147. The number of fused-ring (bicyclic) bond motifs is 1. The Morgan fingerprint density at radius 2 is 1.97 bits per heavy atom. The van der Waals surface area contributed by atoms with Gasteiger partial charge in [-0.25, -0.2) is 5.01 Å². The number of carbonyl (C=O) groups is 2. The summed E-state index contributed by atoms with van der Waals surface area (Å²) in [6.07, 6.45) is 3.59. The number of nitrogens with one attached hydrogen (secondary N) is 3. The number of hydrazone groups is 1. The summed E-state index contributed by atoms with van der Waals surface area (Å²) in [6, 6.07) is 9.61. The highest BCUT2D eigenvalue weighted by Crippen LogP contribution is 2.35. The van der Waals surface area contributed by atoms with Crippen molar-refractivity contribution in [2.45, 2.75) is 69.2 Å². The van der Waals surface area contributed by atoms with Crippen LogP contribution in [0.25, 0.3) is 0 Å². The van der Waals surface area contributed by atoms with E-state index < -0.39 is 0 Å². The molecular weight excluding hydrogens is 424 g/mol. The van der Waals surface area contributed by atoms with Crippen molar-refractivity contribution in [2.24, 2.45) is 5.10 Å². The minimum Gasteiger partial charge on any atom is -0.351 e. The first kappa shape index (κ1) is 23.1. The van der Waals surface area contributed by atoms with E-state index in [0.29, 0.717) is 18.3 Å². The Morgan fingerprint density at radius 3 is 2.72 bits per heavy atom. The predicted molar refractivity (Wildman–Crippen MR) is 130 cm³/mol. The van der Waals surface area contributed by atoms with Gasteiger partial charge in [0.15, 0.2) is 0 Å². The maximum atomic E-state index is 13.4. The van der Waals surface area contributed by atoms with Crippen LogP contribution in [0.15, 0.2) is 35.4 Å². The average molecular weight is 459 g/mol. The van der Waals surface area contributed by atoms with E-state index in [4.69, 9.17) is 0 Å². The lowest BCUT2D eigenvalue weighted by Crippen LogP contribution is -2.55. The van der Waals surface area contributed by atoms with Crippen molar-refractivity contribution in [1.82, 2.24) is 20.9 Å². The van der Waals surface area contributed by atoms with Gasteiger partial charge in [0.1, 0.15) is 6.17 Å². The van der Waals surface area contributed by atoms with Crippen LogP contribution in [-0.4, -0.2) is 71.4 Å². The Kier molecular flexibility index (Phi) is 7.37. The number of para-hydroxylation sites is 1. The van der Waals surface area contributed by atoms with Crippen LogP contribution in [0.1, 0.15) is 39.5 Å². The number of thioether (sulfide) groups is 1. The standard InChI is InChI=1S/C23H34N6O2S/c1-15-12-20(29(27-15)18-9-5-4-6-10-18)26-23(31)19-14-32-21-11-7-8-17(13-28(19)21)25-22(30)16(2)24-3/h4-6,9-10,16-17,19-21,24H,7-8,11-14H2,1-3H3,(H,25,30)(H,26,31)/t16-,17?,19-,20?,21-/m0/s1. The summed E-state index contributed by atoms with van der Waals surface area (Å²) in [5.41, 5.74) is 1.98. The molecule has 3 aliphatic heterocycles. The van der Waals surface area contributed by atoms with Crippen LogP contribution < -0.4 is 21.0 Å². The number of carbonyl (C=O) groups excluding carboxylic acids is 2. The molecule has 0 aromatic heterocycles. The van der Waals surface area contributed by atoms with Gasteiger partial charge >= 0.3 is 0 Å². The maximum absolute atomic E-state index is 13.4. The average Bonchev–Trinajstić information content (AvgIpc) is 3.30. The second-order valence-electron chi connectivity index (χ2n) is 8.89. The van der Waals surface area contributed by atoms with Gasteiger partial charge in [0.2, 0.25) is 11.8 Å². The number of rotatable bonds is 6. The van der Waals surface area contributed by atoms with Crippen molar-refractivity contribution in [1.29, 1.82) is 0 Å². The van der Waals surface area contributed by atoms with Crippen LogP contribution in [0.3, 0.4) is 0 Å². The van der Waals surface area contributed by atoms with E-state index in [1.807, 2.05) is 61.0 Å². The zero-order valence-corrected chi connectivity index (χ0v) is 19.9. The number of amides is 2. The number of hydrogen-bond acceptors (Lipinski definition) is 7. The number of nitrogens with zero attached hydrogens (tertiary/aromatic N) is 3. The third kappa shape index (κ3) is 5.10. The molecule has 32 heavy (non-hydrogen) atoms. The summed E-state index contributed by atoms with van der Waals surface area (Å²) < 4.78 is 0. The zero-order valence-electron chi connectivity index (χ0n) is 19.1. The van der Waals surface area contributed by atoms with E-state index in [-0.39, 0.29) is 36.1 Å². The Hall–Kier alpha value is -2.10. The summed E-state index contributed by atoms with van der Waals surface area (Å²) in [4.78, 5) is 28.1. The molecule has 0 saturated carbocycles. The SMILES string of the molecule is CN[C@@H](C)C(=O)NC1CCC[C@@H]2SC[C@@H](C(=O)NC3CC(C)=NN3c3ccccc3)N2C1. The fourth-order valence-corrected chi connectivity index (χ4v) is 6.13. The molecule has 0 bridgehead atoms. The van der Waals surface area contributed by atoms with Gasteiger partial charge in [-0.3, -0.25) is 14.5 Å². The van der Waals surface area contributed by atoms with Crippen molar-refractivity contribution in [3.05, 3.63) is 30.3 Å². The molecule has 1 aromatic rings. The van der Waals surface area contributed by atoms with Crippen molar-refractivity contribution in [3.8, 4) is 0 Å². The van der Waals surface area contributed by atoms with Gasteiger partial charge in [-0.05, 0) is 52.3 Å². The molecule has 3 N–H and O–H groups in total. The molecule has 3 aliphatic rings. The molecule has 9 heteroatoms. The first-order chi connectivity index (χ1) is 15.5. The first-order valence-corrected chi connectivity index (χ1v) is 12.5. The van der Waals surface area contributed by atoms with Crippen LogP contribution in [0.4, 0.5) is 5.69 Å². The molecule has 0 spiro atoms. The molecule has 2 unspecified atom stereocenters. The number of anilines is 1. The van der Waals surface area contributed by atoms with E-state index >= 15 is 0 Å². The van der Waals surface area contributed by atoms with Crippen LogP contribution in [0.2, 0.25) is 0 Å². The molecule has 8 nitrogen and oxygen atoms in total. The van der Waals surface area contributed by atoms with Gasteiger partial charge in [-0.15, -0.1) is 11.8 Å². The molecule has 0 aliphatic carbocycles. The number of hydrogen-bond donors (Lipinski definition) is 3. The van der Waals surface area contributed by atoms with E-state index in [1.54, 1.807) is 7.05 Å². The van der Waals surface area contributed by atoms with Crippen LogP contribution >= 0.6 is 11.8 Å². The summed E-state index contributed by atoms with van der Waals surface area (Å²) >= 11 is 1.86. The Balaban J connectivity index is 1.41. The molecule has 174 valence electrons. The Labute approximate surface area is 194 Å². The minimum atomic E-state index is -0.226. The van der Waals surface area contributed by atoms with Crippen molar-refractivity contribution in [3.63, 3.8) is 0 Å². The van der Waals surface area contributed by atoms with Crippen molar-refractivity contribution >= 4 is 35.0 Å². The smallest absolute Gasteiger partial charge is 0.239 e. The molecule has 1 aromatic carbocycles. The summed E-state index contributed by atoms with van der Waals surface area (Å²) in [7, 11) is 1.79. The molecule has 2 fully saturated rings. The van der Waals surface area contributed by atoms with Crippen LogP contribution in [0, 0.1) is 0 Å². The summed E-state index contributed by atoms with van der Waals surface area (Å²) in [5, 5.41) is 16.3. The second kappa shape index (κ2) is 10.2. The third-order valence-corrected chi connectivity index (χ3v) is 7.92. The lowest BCUT2D eigenvalue weighted by molar-refractivity contribution is -0.126. The van der Waals surface area contributed by atoms with Gasteiger partial charge in [-0.1, -0.05) is 18.2 Å². The van der Waals surface area contributed by atoms with Gasteiger partial charge in [-0.2, -0.15) is 5.10 Å². The lowest BCUT2D eigenvalue weighted by Gasteiger charge is -2.31. The Morgan fingerprint density at radius 1 is 1.19 bits per heavy atom. The molecule has 2 amide bonds. The van der Waals surface area contributed by atoms with Crippen molar-refractivity contribution < 1.29 is 9.59 Å². The largest absolute Gasteiger partial charge is 0.351 e. The monoisotopic (exact) mass is 458 g/mol. The highest BCUT2D eigenvalue weighted by Gasteiger charge is 2.42. The molecule has 4 rings (SSSR count). The van der Waals surface area contributed by atoms with E-state index in [2.05, 4.69) is 26.0 Å². The van der Waals surface area contributed by atoms with Crippen molar-refractivity contribution in [2.75, 3.05) is 24.4 Å². The number of likely N-dealkylation sites (N-methyl/N-ethyl adjacent to an activating group) is 1. The fraction of sp³-hybridized carbons (Fsp3) is 0.609. The highest BCUT2D eigenvalue weighted by molar-refractivity contribution is 8.00. The predicted octanol–water partition coefficient (Wildman–Crippen LogP) is 1.74. The fourth-order valence-electron chi connectivity index (χ4n) is 4.63.